The van der Waals surface area contributed by atoms with Crippen LogP contribution in [0.25, 0.3) is 0 Å². The van der Waals surface area contributed by atoms with Gasteiger partial charge in [0.25, 0.3) is 11.8 Å². The van der Waals surface area contributed by atoms with E-state index < -0.39 is 0 Å². The number of piperazine rings is 1. The molecular formula is C28H32N4O2S. The Morgan fingerprint density at radius 2 is 1.46 bits per heavy atom. The molecule has 7 heteroatoms. The molecular weight excluding hydrogens is 456 g/mol. The summed E-state index contributed by atoms with van der Waals surface area (Å²) in [6, 6.07) is 20.3. The summed E-state index contributed by atoms with van der Waals surface area (Å²) in [5.74, 6) is 0.122. The molecule has 0 aliphatic carbocycles. The topological polar surface area (TPSA) is 55.9 Å². The van der Waals surface area contributed by atoms with E-state index in [0.29, 0.717) is 0 Å². The Bertz CT molecular complexity index is 1160. The van der Waals surface area contributed by atoms with Crippen molar-refractivity contribution in [1.29, 1.82) is 0 Å². The van der Waals surface area contributed by atoms with Crippen molar-refractivity contribution in [2.45, 2.75) is 25.8 Å². The third-order valence-electron chi connectivity index (χ3n) is 7.07. The second kappa shape index (κ2) is 10.5. The lowest BCUT2D eigenvalue weighted by Gasteiger charge is -2.38. The van der Waals surface area contributed by atoms with Crippen molar-refractivity contribution in [3.63, 3.8) is 0 Å². The Hall–Kier alpha value is -3.32. The Kier molecular flexibility index (Phi) is 7.04. The predicted molar refractivity (Wildman–Crippen MR) is 143 cm³/mol. The molecule has 3 heterocycles. The normalized spacial score (nSPS) is 16.9. The molecule has 2 aliphatic heterocycles. The first-order valence-electron chi connectivity index (χ1n) is 12.4. The molecule has 2 fully saturated rings. The van der Waals surface area contributed by atoms with Crippen LogP contribution in [-0.4, -0.2) is 62.0 Å². The highest BCUT2D eigenvalue weighted by molar-refractivity contribution is 7.12. The van der Waals surface area contributed by atoms with Crippen LogP contribution >= 0.6 is 11.3 Å². The fourth-order valence-corrected chi connectivity index (χ4v) is 5.73. The molecule has 3 aromatic rings. The number of benzene rings is 2. The van der Waals surface area contributed by atoms with Gasteiger partial charge in [-0.1, -0.05) is 36.4 Å². The molecule has 0 saturated carbocycles. The molecule has 2 aliphatic rings. The van der Waals surface area contributed by atoms with Gasteiger partial charge in [0.05, 0.1) is 10.4 Å². The van der Waals surface area contributed by atoms with Crippen molar-refractivity contribution in [2.75, 3.05) is 49.1 Å². The number of para-hydroxylation sites is 2. The van der Waals surface area contributed by atoms with E-state index in [1.54, 1.807) is 0 Å². The van der Waals surface area contributed by atoms with Gasteiger partial charge in [-0.05, 0) is 55.0 Å². The average molecular weight is 489 g/mol. The van der Waals surface area contributed by atoms with Crippen LogP contribution < -0.4 is 15.1 Å². The molecule has 1 aromatic heterocycles. The van der Waals surface area contributed by atoms with Gasteiger partial charge in [0, 0.05) is 56.7 Å². The Balaban J connectivity index is 1.20. The van der Waals surface area contributed by atoms with Crippen LogP contribution in [0.2, 0.25) is 0 Å². The number of hydrogen-bond donors (Lipinski definition) is 1. The van der Waals surface area contributed by atoms with Gasteiger partial charge < -0.3 is 20.0 Å². The summed E-state index contributed by atoms with van der Waals surface area (Å²) >= 11 is 1.47. The maximum Gasteiger partial charge on any atom is 0.261 e. The first-order valence-corrected chi connectivity index (χ1v) is 13.3. The first kappa shape index (κ1) is 23.4. The van der Waals surface area contributed by atoms with E-state index in [1.165, 1.54) is 22.6 Å². The standard InChI is InChI=1S/C28H32N4O2S/c1-21-7-2-4-9-24(21)31-16-18-32(19-17-31)28(34)23-8-3-5-10-25(23)30-14-12-22(13-15-30)29-27(33)26-11-6-20-35-26/h2-11,20,22H,12-19H2,1H3,(H,29,33). The molecule has 2 aromatic carbocycles. The molecule has 0 spiro atoms. The number of thiophene rings is 1. The van der Waals surface area contributed by atoms with Crippen molar-refractivity contribution in [3.05, 3.63) is 82.0 Å². The molecule has 0 unspecified atom stereocenters. The fourth-order valence-electron chi connectivity index (χ4n) is 5.10. The van der Waals surface area contributed by atoms with E-state index in [4.69, 9.17) is 0 Å². The maximum absolute atomic E-state index is 13.5. The second-order valence-electron chi connectivity index (χ2n) is 9.29. The Labute approximate surface area is 211 Å². The minimum Gasteiger partial charge on any atom is -0.371 e. The quantitative estimate of drug-likeness (QED) is 0.578. The van der Waals surface area contributed by atoms with Crippen molar-refractivity contribution in [3.8, 4) is 0 Å². The van der Waals surface area contributed by atoms with Crippen molar-refractivity contribution < 1.29 is 9.59 Å². The predicted octanol–water partition coefficient (Wildman–Crippen LogP) is 4.42. The third-order valence-corrected chi connectivity index (χ3v) is 7.94. The van der Waals surface area contributed by atoms with Crippen molar-refractivity contribution >= 4 is 34.5 Å². The average Bonchev–Trinajstić information content (AvgIpc) is 3.45. The van der Waals surface area contributed by atoms with Gasteiger partial charge in [-0.3, -0.25) is 9.59 Å². The molecule has 0 radical (unpaired) electrons. The van der Waals surface area contributed by atoms with Gasteiger partial charge in [0.15, 0.2) is 0 Å². The van der Waals surface area contributed by atoms with Crippen LogP contribution in [0.3, 0.4) is 0 Å². The minimum atomic E-state index is 0.0128. The molecule has 6 nitrogen and oxygen atoms in total. The number of carbonyl (C=O) groups excluding carboxylic acids is 2. The minimum absolute atomic E-state index is 0.0128. The number of piperidine rings is 1. The zero-order chi connectivity index (χ0) is 24.2. The highest BCUT2D eigenvalue weighted by Gasteiger charge is 2.28. The van der Waals surface area contributed by atoms with E-state index in [9.17, 15) is 9.59 Å². The van der Waals surface area contributed by atoms with Crippen molar-refractivity contribution in [2.24, 2.45) is 0 Å². The van der Waals surface area contributed by atoms with Gasteiger partial charge in [-0.15, -0.1) is 11.3 Å². The summed E-state index contributed by atoms with van der Waals surface area (Å²) in [6.07, 6.45) is 1.74. The number of nitrogens with zero attached hydrogens (tertiary/aromatic N) is 3. The molecule has 0 atom stereocenters. The van der Waals surface area contributed by atoms with Gasteiger partial charge in [0.2, 0.25) is 0 Å². The summed E-state index contributed by atoms with van der Waals surface area (Å²) in [6.45, 7) is 6.90. The van der Waals surface area contributed by atoms with Crippen LogP contribution in [0.5, 0.6) is 0 Å². The van der Waals surface area contributed by atoms with E-state index in [0.717, 1.165) is 68.2 Å². The van der Waals surface area contributed by atoms with E-state index >= 15 is 0 Å². The first-order chi connectivity index (χ1) is 17.1. The lowest BCUT2D eigenvalue weighted by molar-refractivity contribution is 0.0747. The monoisotopic (exact) mass is 488 g/mol. The number of aryl methyl sites for hydroxylation is 1. The number of rotatable bonds is 5. The third kappa shape index (κ3) is 5.20. The molecule has 0 bridgehead atoms. The van der Waals surface area contributed by atoms with Crippen LogP contribution in [0, 0.1) is 6.92 Å². The smallest absolute Gasteiger partial charge is 0.261 e. The zero-order valence-electron chi connectivity index (χ0n) is 20.2. The van der Waals surface area contributed by atoms with E-state index in [1.807, 2.05) is 40.6 Å². The lowest BCUT2D eigenvalue weighted by Crippen LogP contribution is -2.49. The number of amides is 2. The van der Waals surface area contributed by atoms with Crippen molar-refractivity contribution in [1.82, 2.24) is 10.2 Å². The molecule has 2 saturated heterocycles. The summed E-state index contributed by atoms with van der Waals surface area (Å²) in [5.41, 5.74) is 4.31. The molecule has 1 N–H and O–H groups in total. The fraction of sp³-hybridized carbons (Fsp3) is 0.357. The number of nitrogens with one attached hydrogen (secondary N) is 1. The SMILES string of the molecule is Cc1ccccc1N1CCN(C(=O)c2ccccc2N2CCC(NC(=O)c3cccs3)CC2)CC1. The van der Waals surface area contributed by atoms with Gasteiger partial charge in [-0.2, -0.15) is 0 Å². The van der Waals surface area contributed by atoms with Gasteiger partial charge in [0.1, 0.15) is 0 Å². The molecule has 35 heavy (non-hydrogen) atoms. The molecule has 2 amide bonds. The van der Waals surface area contributed by atoms with Crippen LogP contribution in [0.15, 0.2) is 66.0 Å². The highest BCUT2D eigenvalue weighted by Crippen LogP contribution is 2.27. The maximum atomic E-state index is 13.5. The van der Waals surface area contributed by atoms with Gasteiger partial charge >= 0.3 is 0 Å². The summed E-state index contributed by atoms with van der Waals surface area (Å²) in [5, 5.41) is 5.09. The highest BCUT2D eigenvalue weighted by atomic mass is 32.1. The molecule has 182 valence electrons. The molecule has 5 rings (SSSR count). The summed E-state index contributed by atoms with van der Waals surface area (Å²) in [4.78, 5) is 33.4. The number of hydrogen-bond acceptors (Lipinski definition) is 5. The number of anilines is 2. The van der Waals surface area contributed by atoms with E-state index in [-0.39, 0.29) is 17.9 Å². The Morgan fingerprint density at radius 3 is 2.14 bits per heavy atom. The Morgan fingerprint density at radius 1 is 0.800 bits per heavy atom. The lowest BCUT2D eigenvalue weighted by atomic mass is 10.0. The summed E-state index contributed by atoms with van der Waals surface area (Å²) in [7, 11) is 0. The second-order valence-corrected chi connectivity index (χ2v) is 10.2. The van der Waals surface area contributed by atoms with Crippen LogP contribution in [0.1, 0.15) is 38.4 Å². The number of carbonyl (C=O) groups is 2. The largest absolute Gasteiger partial charge is 0.371 e. The van der Waals surface area contributed by atoms with Crippen LogP contribution in [-0.2, 0) is 0 Å². The van der Waals surface area contributed by atoms with Gasteiger partial charge in [-0.25, -0.2) is 0 Å². The van der Waals surface area contributed by atoms with E-state index in [2.05, 4.69) is 52.4 Å². The zero-order valence-corrected chi connectivity index (χ0v) is 21.0. The summed E-state index contributed by atoms with van der Waals surface area (Å²) < 4.78 is 0. The van der Waals surface area contributed by atoms with Crippen LogP contribution in [0.4, 0.5) is 11.4 Å².